The lowest BCUT2D eigenvalue weighted by Gasteiger charge is -2.27. The van der Waals surface area contributed by atoms with Crippen molar-refractivity contribution in [3.63, 3.8) is 0 Å². The molecular formula is C27H22N6. The van der Waals surface area contributed by atoms with Crippen LogP contribution in [0.4, 0.5) is 11.5 Å². The van der Waals surface area contributed by atoms with Gasteiger partial charge in [0.2, 0.25) is 0 Å². The van der Waals surface area contributed by atoms with Crippen molar-refractivity contribution in [1.82, 2.24) is 20.4 Å². The van der Waals surface area contributed by atoms with Crippen molar-refractivity contribution in [1.29, 1.82) is 0 Å². The molecule has 160 valence electrons. The highest BCUT2D eigenvalue weighted by Crippen LogP contribution is 2.40. The zero-order valence-electron chi connectivity index (χ0n) is 17.9. The Morgan fingerprint density at radius 2 is 1.79 bits per heavy atom. The van der Waals surface area contributed by atoms with Gasteiger partial charge in [0.05, 0.1) is 24.1 Å². The van der Waals surface area contributed by atoms with Gasteiger partial charge in [0.15, 0.2) is 0 Å². The molecule has 0 fully saturated rings. The van der Waals surface area contributed by atoms with Gasteiger partial charge in [-0.15, -0.1) is 0 Å². The molecule has 0 aliphatic carbocycles. The van der Waals surface area contributed by atoms with Gasteiger partial charge in [-0.2, -0.15) is 0 Å². The summed E-state index contributed by atoms with van der Waals surface area (Å²) in [7, 11) is 0. The number of aliphatic imine (C=N–C) groups is 1. The highest BCUT2D eigenvalue weighted by Gasteiger charge is 2.25. The van der Waals surface area contributed by atoms with Gasteiger partial charge >= 0.3 is 0 Å². The Bertz CT molecular complexity index is 1380. The average molecular weight is 431 g/mol. The number of benzene rings is 2. The van der Waals surface area contributed by atoms with Crippen LogP contribution in [0.2, 0.25) is 0 Å². The molecule has 4 heterocycles. The molecule has 6 heteroatoms. The molecular weight excluding hydrogens is 408 g/mol. The number of fused-ring (bicyclic) bond motifs is 4. The maximum atomic E-state index is 4.83. The van der Waals surface area contributed by atoms with Crippen LogP contribution >= 0.6 is 0 Å². The average Bonchev–Trinajstić information content (AvgIpc) is 3.02. The third-order valence-electron chi connectivity index (χ3n) is 5.92. The second kappa shape index (κ2) is 8.33. The van der Waals surface area contributed by atoms with Crippen LogP contribution in [0.15, 0.2) is 96.4 Å². The minimum Gasteiger partial charge on any atom is -0.338 e. The number of rotatable bonds is 4. The third-order valence-corrected chi connectivity index (χ3v) is 5.92. The molecule has 0 saturated heterocycles. The quantitative estimate of drug-likeness (QED) is 0.471. The van der Waals surface area contributed by atoms with E-state index in [1.165, 1.54) is 16.7 Å². The number of aromatic nitrogens is 2. The summed E-state index contributed by atoms with van der Waals surface area (Å²) in [5.41, 5.74) is 12.3. The van der Waals surface area contributed by atoms with E-state index in [2.05, 4.69) is 75.3 Å². The minimum absolute atomic E-state index is 0.685. The van der Waals surface area contributed by atoms with Gasteiger partial charge in [0, 0.05) is 35.6 Å². The van der Waals surface area contributed by atoms with E-state index in [0.29, 0.717) is 13.1 Å². The van der Waals surface area contributed by atoms with E-state index in [1.807, 2.05) is 41.9 Å². The monoisotopic (exact) mass is 430 g/mol. The Morgan fingerprint density at radius 1 is 0.879 bits per heavy atom. The molecule has 6 nitrogen and oxygen atoms in total. The summed E-state index contributed by atoms with van der Waals surface area (Å²) >= 11 is 0. The van der Waals surface area contributed by atoms with Crippen molar-refractivity contribution in [3.05, 3.63) is 108 Å². The smallest absolute Gasteiger partial charge is 0.139 e. The van der Waals surface area contributed by atoms with E-state index in [-0.39, 0.29) is 0 Å². The van der Waals surface area contributed by atoms with E-state index in [4.69, 9.17) is 4.99 Å². The van der Waals surface area contributed by atoms with Gasteiger partial charge in [-0.05, 0) is 41.0 Å². The standard InChI is InChI=1S/C27H22N6/c1-2-7-20(8-3-1)21-9-4-6-19(14-21)15-31-33-17-24-22-11-13-28-16-25(22)32-27-23(10-5-12-29-27)26(24)30-18-33/h1-14,16,18,31H,15,17H2,(H,29,32). The summed E-state index contributed by atoms with van der Waals surface area (Å²) in [5.74, 6) is 0.799. The lowest BCUT2D eigenvalue weighted by molar-refractivity contribution is 0.344. The van der Waals surface area contributed by atoms with Crippen molar-refractivity contribution < 1.29 is 0 Å². The Balaban J connectivity index is 1.26. The fourth-order valence-electron chi connectivity index (χ4n) is 4.30. The first-order valence-electron chi connectivity index (χ1n) is 10.9. The summed E-state index contributed by atoms with van der Waals surface area (Å²) in [4.78, 5) is 13.6. The lowest BCUT2D eigenvalue weighted by atomic mass is 10.0. The highest BCUT2D eigenvalue weighted by atomic mass is 15.5. The second-order valence-electron chi connectivity index (χ2n) is 8.05. The number of pyridine rings is 2. The van der Waals surface area contributed by atoms with Gasteiger partial charge in [-0.1, -0.05) is 48.5 Å². The SMILES string of the molecule is C1=NC2=C(CN1NCc1cccc(-c3ccccc3)c1)c1ccncc1Nc1ncccc12. The molecule has 0 radical (unpaired) electrons. The highest BCUT2D eigenvalue weighted by molar-refractivity contribution is 6.03. The zero-order chi connectivity index (χ0) is 22.0. The summed E-state index contributed by atoms with van der Waals surface area (Å²) in [5, 5.41) is 5.47. The van der Waals surface area contributed by atoms with E-state index in [9.17, 15) is 0 Å². The fourth-order valence-corrected chi connectivity index (χ4v) is 4.30. The molecule has 2 N–H and O–H groups in total. The predicted molar refractivity (Wildman–Crippen MR) is 132 cm³/mol. The molecule has 2 aromatic heterocycles. The van der Waals surface area contributed by atoms with Gasteiger partial charge in [0.25, 0.3) is 0 Å². The van der Waals surface area contributed by atoms with Crippen LogP contribution in [0.1, 0.15) is 16.7 Å². The van der Waals surface area contributed by atoms with Crippen LogP contribution in [0, 0.1) is 0 Å². The van der Waals surface area contributed by atoms with Crippen molar-refractivity contribution in [3.8, 4) is 11.1 Å². The number of anilines is 2. The van der Waals surface area contributed by atoms with E-state index >= 15 is 0 Å². The summed E-state index contributed by atoms with van der Waals surface area (Å²) in [6.07, 6.45) is 7.31. The Kier molecular flexibility index (Phi) is 4.90. The molecule has 4 aromatic rings. The lowest BCUT2D eigenvalue weighted by Crippen LogP contribution is -2.39. The van der Waals surface area contributed by atoms with Crippen molar-refractivity contribution in [2.45, 2.75) is 6.54 Å². The summed E-state index contributed by atoms with van der Waals surface area (Å²) < 4.78 is 0. The van der Waals surface area contributed by atoms with Gasteiger partial charge in [0.1, 0.15) is 12.2 Å². The number of hydrogen-bond donors (Lipinski definition) is 2. The van der Waals surface area contributed by atoms with E-state index in [1.54, 1.807) is 6.20 Å². The molecule has 0 saturated carbocycles. The maximum absolute atomic E-state index is 4.83. The van der Waals surface area contributed by atoms with Crippen LogP contribution < -0.4 is 10.7 Å². The van der Waals surface area contributed by atoms with Crippen LogP contribution in [-0.2, 0) is 6.54 Å². The van der Waals surface area contributed by atoms with Crippen LogP contribution in [0.25, 0.3) is 22.4 Å². The van der Waals surface area contributed by atoms with E-state index < -0.39 is 0 Å². The minimum atomic E-state index is 0.685. The molecule has 33 heavy (non-hydrogen) atoms. The number of nitrogens with zero attached hydrogens (tertiary/aromatic N) is 4. The first-order valence-corrected chi connectivity index (χ1v) is 10.9. The number of nitrogens with one attached hydrogen (secondary N) is 2. The molecule has 0 bridgehead atoms. The number of hydrogen-bond acceptors (Lipinski definition) is 6. The van der Waals surface area contributed by atoms with Crippen LogP contribution in [-0.4, -0.2) is 27.9 Å². The molecule has 2 aliphatic heterocycles. The maximum Gasteiger partial charge on any atom is 0.139 e. The van der Waals surface area contributed by atoms with Crippen molar-refractivity contribution >= 4 is 29.1 Å². The molecule has 0 unspecified atom stereocenters. The third kappa shape index (κ3) is 3.77. The molecule has 2 aliphatic rings. The summed E-state index contributed by atoms with van der Waals surface area (Å²) in [6, 6.07) is 25.1. The van der Waals surface area contributed by atoms with Crippen molar-refractivity contribution in [2.75, 3.05) is 11.9 Å². The topological polar surface area (TPSA) is 65.4 Å². The molecule has 6 rings (SSSR count). The van der Waals surface area contributed by atoms with E-state index in [0.717, 1.165) is 33.9 Å². The molecule has 0 amide bonds. The zero-order valence-corrected chi connectivity index (χ0v) is 17.9. The molecule has 2 aromatic carbocycles. The van der Waals surface area contributed by atoms with Crippen LogP contribution in [0.3, 0.4) is 0 Å². The van der Waals surface area contributed by atoms with Gasteiger partial charge in [-0.3, -0.25) is 9.99 Å². The van der Waals surface area contributed by atoms with Gasteiger partial charge in [-0.25, -0.2) is 15.4 Å². The normalized spacial score (nSPS) is 14.1. The van der Waals surface area contributed by atoms with Gasteiger partial charge < -0.3 is 5.32 Å². The fraction of sp³-hybridized carbons (Fsp3) is 0.0741. The summed E-state index contributed by atoms with van der Waals surface area (Å²) in [6.45, 7) is 1.39. The Hall–Kier alpha value is -4.29. The first kappa shape index (κ1) is 19.4. The van der Waals surface area contributed by atoms with Crippen molar-refractivity contribution in [2.24, 2.45) is 4.99 Å². The predicted octanol–water partition coefficient (Wildman–Crippen LogP) is 5.12. The first-order chi connectivity index (χ1) is 16.3. The number of hydrazine groups is 1. The molecule has 0 spiro atoms. The Morgan fingerprint density at radius 3 is 2.73 bits per heavy atom. The molecule has 0 atom stereocenters. The van der Waals surface area contributed by atoms with Crippen LogP contribution in [0.5, 0.6) is 0 Å². The Labute approximate surface area is 192 Å². The second-order valence-corrected chi connectivity index (χ2v) is 8.05. The largest absolute Gasteiger partial charge is 0.338 e.